The van der Waals surface area contributed by atoms with Gasteiger partial charge in [0.1, 0.15) is 0 Å². The number of rotatable bonds is 10. The Labute approximate surface area is 235 Å². The van der Waals surface area contributed by atoms with E-state index in [1.807, 2.05) is 19.1 Å². The van der Waals surface area contributed by atoms with Crippen LogP contribution in [0.4, 0.5) is 0 Å². The lowest BCUT2D eigenvalue weighted by Gasteiger charge is -2.46. The molecule has 1 saturated heterocycles. The molecule has 0 unspecified atom stereocenters. The van der Waals surface area contributed by atoms with Gasteiger partial charge in [-0.1, -0.05) is 71.4 Å². The molecule has 1 fully saturated rings. The maximum atomic E-state index is 13.9. The van der Waals surface area contributed by atoms with Crippen molar-refractivity contribution in [3.63, 3.8) is 0 Å². The molecule has 216 valence electrons. The van der Waals surface area contributed by atoms with Crippen LogP contribution in [0.15, 0.2) is 53.4 Å². The summed E-state index contributed by atoms with van der Waals surface area (Å²) in [7, 11) is -4.80. The number of aliphatic hydroxyl groups is 1. The highest BCUT2D eigenvalue weighted by Crippen LogP contribution is 2.43. The lowest BCUT2D eigenvalue weighted by molar-refractivity contribution is 0.0416. The molecule has 1 aliphatic heterocycles. The highest BCUT2D eigenvalue weighted by molar-refractivity contribution is 7.89. The van der Waals surface area contributed by atoms with Crippen LogP contribution in [0.5, 0.6) is 0 Å². The van der Waals surface area contributed by atoms with Crippen LogP contribution in [0, 0.1) is 6.92 Å². The zero-order chi connectivity index (χ0) is 29.1. The van der Waals surface area contributed by atoms with E-state index in [0.717, 1.165) is 11.1 Å². The van der Waals surface area contributed by atoms with E-state index < -0.39 is 36.5 Å². The molecule has 0 spiro atoms. The molecule has 0 amide bonds. The van der Waals surface area contributed by atoms with Crippen LogP contribution in [0.2, 0.25) is 16.6 Å². The Bertz CT molecular complexity index is 1190. The average Bonchev–Trinajstić information content (AvgIpc) is 2.88. The SMILES string of the molecule is COC(=O)c1ccc([C@H]2C[C@@H](CO[Si](C(C)C)(C(C)C)C(C)C)N(S(=O)(=O)c3ccc(C)cc3)C[C@@H]2O)cc1. The highest BCUT2D eigenvalue weighted by Gasteiger charge is 2.48. The van der Waals surface area contributed by atoms with Crippen molar-refractivity contribution in [2.45, 2.75) is 94.5 Å². The molecule has 0 saturated carbocycles. The second-order valence-corrected chi connectivity index (χ2v) is 19.0. The summed E-state index contributed by atoms with van der Waals surface area (Å²) in [5.74, 6) is -0.729. The summed E-state index contributed by atoms with van der Waals surface area (Å²) in [6.07, 6.45) is -0.504. The van der Waals surface area contributed by atoms with Gasteiger partial charge in [-0.25, -0.2) is 13.2 Å². The molecule has 1 aliphatic rings. The van der Waals surface area contributed by atoms with Gasteiger partial charge in [0.2, 0.25) is 10.0 Å². The van der Waals surface area contributed by atoms with Crippen LogP contribution in [-0.4, -0.2) is 64.5 Å². The van der Waals surface area contributed by atoms with E-state index in [1.54, 1.807) is 36.4 Å². The largest absolute Gasteiger partial charge is 0.465 e. The van der Waals surface area contributed by atoms with Crippen LogP contribution < -0.4 is 0 Å². The first kappa shape index (κ1) is 31.5. The van der Waals surface area contributed by atoms with Crippen molar-refractivity contribution in [1.82, 2.24) is 4.31 Å². The first-order chi connectivity index (χ1) is 18.2. The van der Waals surface area contributed by atoms with Crippen molar-refractivity contribution in [2.75, 3.05) is 20.3 Å². The lowest BCUT2D eigenvalue weighted by Crippen LogP contribution is -2.56. The number of aliphatic hydroxyl groups excluding tert-OH is 1. The number of hydrogen-bond donors (Lipinski definition) is 1. The van der Waals surface area contributed by atoms with Crippen molar-refractivity contribution in [1.29, 1.82) is 0 Å². The molecule has 1 N–H and O–H groups in total. The highest BCUT2D eigenvalue weighted by atomic mass is 32.2. The van der Waals surface area contributed by atoms with Gasteiger partial charge >= 0.3 is 5.97 Å². The average molecular weight is 576 g/mol. The fourth-order valence-corrected chi connectivity index (χ4v) is 13.5. The van der Waals surface area contributed by atoms with E-state index in [1.165, 1.54) is 11.4 Å². The standard InChI is InChI=1S/C30H45NO6SSi/c1-20(2)39(21(3)4,22(5)6)37-19-26-17-28(24-11-13-25(14-12-24)30(33)36-8)29(32)18-31(26)38(34,35)27-15-9-23(7)10-16-27/h9-16,20-22,26,28-29,32H,17-19H2,1-8H3/t26-,28+,29-/m0/s1. The number of ether oxygens (including phenoxy) is 1. The van der Waals surface area contributed by atoms with Crippen LogP contribution in [0.25, 0.3) is 0 Å². The number of carbonyl (C=O) groups is 1. The minimum Gasteiger partial charge on any atom is -0.465 e. The molecule has 2 aromatic carbocycles. The van der Waals surface area contributed by atoms with Gasteiger partial charge in [0.05, 0.1) is 30.3 Å². The van der Waals surface area contributed by atoms with Gasteiger partial charge in [0, 0.05) is 18.5 Å². The number of benzene rings is 2. The first-order valence-electron chi connectivity index (χ1n) is 13.8. The normalized spacial score (nSPS) is 21.1. The maximum Gasteiger partial charge on any atom is 0.337 e. The fraction of sp³-hybridized carbons (Fsp3) is 0.567. The quantitative estimate of drug-likeness (QED) is 0.281. The number of aryl methyl sites for hydroxylation is 1. The molecular formula is C30H45NO6SSi. The predicted octanol–water partition coefficient (Wildman–Crippen LogP) is 5.88. The summed E-state index contributed by atoms with van der Waals surface area (Å²) in [6, 6.07) is 13.4. The summed E-state index contributed by atoms with van der Waals surface area (Å²) in [5.41, 5.74) is 3.33. The Morgan fingerprint density at radius 1 is 0.974 bits per heavy atom. The van der Waals surface area contributed by atoms with Gasteiger partial charge < -0.3 is 14.3 Å². The first-order valence-corrected chi connectivity index (χ1v) is 17.4. The topological polar surface area (TPSA) is 93.1 Å². The van der Waals surface area contributed by atoms with Crippen molar-refractivity contribution >= 4 is 24.3 Å². The van der Waals surface area contributed by atoms with Crippen molar-refractivity contribution in [3.05, 3.63) is 65.2 Å². The molecule has 3 atom stereocenters. The minimum absolute atomic E-state index is 0.0345. The molecule has 0 radical (unpaired) electrons. The molecule has 3 rings (SSSR count). The number of nitrogens with zero attached hydrogens (tertiary/aromatic N) is 1. The van der Waals surface area contributed by atoms with Gasteiger partial charge in [0.15, 0.2) is 8.32 Å². The Balaban J connectivity index is 2.00. The van der Waals surface area contributed by atoms with Crippen LogP contribution in [-0.2, 0) is 19.2 Å². The molecule has 39 heavy (non-hydrogen) atoms. The zero-order valence-corrected chi connectivity index (χ0v) is 26.4. The van der Waals surface area contributed by atoms with E-state index in [9.17, 15) is 18.3 Å². The molecule has 0 bridgehead atoms. The van der Waals surface area contributed by atoms with Crippen LogP contribution in [0.1, 0.15) is 75.4 Å². The number of esters is 1. The third-order valence-corrected chi connectivity index (χ3v) is 16.4. The monoisotopic (exact) mass is 575 g/mol. The third kappa shape index (κ3) is 6.49. The summed E-state index contributed by atoms with van der Waals surface area (Å²) >= 11 is 0. The van der Waals surface area contributed by atoms with Gasteiger partial charge in [0.25, 0.3) is 0 Å². The fourth-order valence-electron chi connectivity index (χ4n) is 6.40. The number of methoxy groups -OCH3 is 1. The molecule has 9 heteroatoms. The number of hydrogen-bond acceptors (Lipinski definition) is 6. The summed E-state index contributed by atoms with van der Waals surface area (Å²) in [6.45, 7) is 15.4. The predicted molar refractivity (Wildman–Crippen MR) is 157 cm³/mol. The summed E-state index contributed by atoms with van der Waals surface area (Å²) in [5, 5.41) is 11.3. The van der Waals surface area contributed by atoms with Crippen molar-refractivity contribution in [2.24, 2.45) is 0 Å². The second-order valence-electron chi connectivity index (χ2n) is 11.7. The van der Waals surface area contributed by atoms with Crippen molar-refractivity contribution in [3.8, 4) is 0 Å². The third-order valence-electron chi connectivity index (χ3n) is 8.39. The van der Waals surface area contributed by atoms with Gasteiger partial charge in [-0.05, 0) is 59.8 Å². The van der Waals surface area contributed by atoms with E-state index in [0.29, 0.717) is 28.6 Å². The zero-order valence-electron chi connectivity index (χ0n) is 24.5. The van der Waals surface area contributed by atoms with Gasteiger partial charge in [-0.3, -0.25) is 0 Å². The number of carbonyl (C=O) groups excluding carboxylic acids is 1. The second kappa shape index (κ2) is 12.6. The lowest BCUT2D eigenvalue weighted by atomic mass is 9.84. The van der Waals surface area contributed by atoms with E-state index in [-0.39, 0.29) is 24.0 Å². The van der Waals surface area contributed by atoms with E-state index in [4.69, 9.17) is 9.16 Å². The van der Waals surface area contributed by atoms with Gasteiger partial charge in [-0.2, -0.15) is 4.31 Å². The molecule has 7 nitrogen and oxygen atoms in total. The molecule has 1 heterocycles. The molecule has 0 aliphatic carbocycles. The van der Waals surface area contributed by atoms with Crippen LogP contribution in [0.3, 0.4) is 0 Å². The number of β-amino-alcohol motifs (C(OH)–C–C–N with tert-alkyl or cyclic N) is 1. The molecule has 0 aromatic heterocycles. The minimum atomic E-state index is -3.87. The van der Waals surface area contributed by atoms with Gasteiger partial charge in [-0.15, -0.1) is 0 Å². The summed E-state index contributed by atoms with van der Waals surface area (Å²) in [4.78, 5) is 12.1. The van der Waals surface area contributed by atoms with Crippen LogP contribution >= 0.6 is 0 Å². The molecule has 2 aromatic rings. The maximum absolute atomic E-state index is 13.9. The molecular weight excluding hydrogens is 530 g/mol. The summed E-state index contributed by atoms with van der Waals surface area (Å²) < 4.78 is 41.0. The Kier molecular flexibility index (Phi) is 10.2. The Hall–Kier alpha value is -2.04. The smallest absolute Gasteiger partial charge is 0.337 e. The number of sulfonamides is 1. The van der Waals surface area contributed by atoms with Crippen molar-refractivity contribution < 1.29 is 27.5 Å². The number of piperidine rings is 1. The van der Waals surface area contributed by atoms with E-state index in [2.05, 4.69) is 41.5 Å². The van der Waals surface area contributed by atoms with E-state index >= 15 is 0 Å². The Morgan fingerprint density at radius 2 is 1.51 bits per heavy atom. The Morgan fingerprint density at radius 3 is 2.00 bits per heavy atom.